The van der Waals surface area contributed by atoms with E-state index in [1.165, 1.54) is 29.8 Å². The standard InChI is InChI=1S/C16H28N2O/c1-12-5-7-16(11-19,8-6-12)17-10-15-9-13(2)18(4)14(15)3/h9,12,17,19H,5-8,10-11H2,1-4H3. The quantitative estimate of drug-likeness (QED) is 0.877. The lowest BCUT2D eigenvalue weighted by atomic mass is 9.77. The van der Waals surface area contributed by atoms with Crippen LogP contribution in [0.4, 0.5) is 0 Å². The van der Waals surface area contributed by atoms with E-state index in [1.54, 1.807) is 0 Å². The third-order valence-electron chi connectivity index (χ3n) is 5.07. The summed E-state index contributed by atoms with van der Waals surface area (Å²) in [6, 6.07) is 2.25. The van der Waals surface area contributed by atoms with Gasteiger partial charge in [-0.3, -0.25) is 0 Å². The van der Waals surface area contributed by atoms with Gasteiger partial charge in [-0.1, -0.05) is 6.92 Å². The predicted molar refractivity (Wildman–Crippen MR) is 79.2 cm³/mol. The minimum atomic E-state index is -0.0529. The van der Waals surface area contributed by atoms with Crippen molar-refractivity contribution in [3.63, 3.8) is 0 Å². The first-order chi connectivity index (χ1) is 8.97. The van der Waals surface area contributed by atoms with Crippen LogP contribution in [0.15, 0.2) is 6.07 Å². The monoisotopic (exact) mass is 264 g/mol. The average Bonchev–Trinajstić information content (AvgIpc) is 2.66. The number of aliphatic hydroxyl groups is 1. The first-order valence-corrected chi connectivity index (χ1v) is 7.45. The van der Waals surface area contributed by atoms with Crippen molar-refractivity contribution in [2.24, 2.45) is 13.0 Å². The Kier molecular flexibility index (Phi) is 4.36. The number of aliphatic hydroxyl groups excluding tert-OH is 1. The van der Waals surface area contributed by atoms with E-state index in [0.29, 0.717) is 0 Å². The first kappa shape index (κ1) is 14.6. The topological polar surface area (TPSA) is 37.2 Å². The van der Waals surface area contributed by atoms with Gasteiger partial charge in [-0.15, -0.1) is 0 Å². The van der Waals surface area contributed by atoms with Crippen molar-refractivity contribution in [3.8, 4) is 0 Å². The summed E-state index contributed by atoms with van der Waals surface area (Å²) in [5.74, 6) is 0.808. The van der Waals surface area contributed by atoms with Gasteiger partial charge in [0.25, 0.3) is 0 Å². The van der Waals surface area contributed by atoms with Crippen LogP contribution >= 0.6 is 0 Å². The second kappa shape index (κ2) is 5.68. The number of aromatic nitrogens is 1. The van der Waals surface area contributed by atoms with Crippen LogP contribution in [0, 0.1) is 19.8 Å². The molecule has 1 aliphatic carbocycles. The Bertz CT molecular complexity index is 428. The summed E-state index contributed by atoms with van der Waals surface area (Å²) in [6.07, 6.45) is 4.63. The van der Waals surface area contributed by atoms with Gasteiger partial charge in [0, 0.05) is 30.5 Å². The molecule has 2 rings (SSSR count). The van der Waals surface area contributed by atoms with Crippen LogP contribution < -0.4 is 5.32 Å². The molecule has 0 aliphatic heterocycles. The van der Waals surface area contributed by atoms with E-state index >= 15 is 0 Å². The van der Waals surface area contributed by atoms with Crippen molar-refractivity contribution in [1.82, 2.24) is 9.88 Å². The van der Waals surface area contributed by atoms with Crippen molar-refractivity contribution in [1.29, 1.82) is 0 Å². The van der Waals surface area contributed by atoms with Crippen LogP contribution in [0.3, 0.4) is 0 Å². The molecule has 1 aromatic heterocycles. The number of hydrogen-bond donors (Lipinski definition) is 2. The van der Waals surface area contributed by atoms with Gasteiger partial charge in [0.2, 0.25) is 0 Å². The third-order valence-corrected chi connectivity index (χ3v) is 5.07. The zero-order valence-electron chi connectivity index (χ0n) is 12.8. The molecule has 0 amide bonds. The molecular weight excluding hydrogens is 236 g/mol. The Labute approximate surface area is 117 Å². The molecule has 1 saturated carbocycles. The van der Waals surface area contributed by atoms with E-state index in [9.17, 15) is 5.11 Å². The molecule has 3 heteroatoms. The summed E-state index contributed by atoms with van der Waals surface area (Å²) < 4.78 is 2.23. The Balaban J connectivity index is 2.02. The van der Waals surface area contributed by atoms with Gasteiger partial charge in [-0.2, -0.15) is 0 Å². The highest BCUT2D eigenvalue weighted by molar-refractivity contribution is 5.26. The van der Waals surface area contributed by atoms with Crippen molar-refractivity contribution >= 4 is 0 Å². The Morgan fingerprint density at radius 3 is 2.47 bits per heavy atom. The Morgan fingerprint density at radius 2 is 2.00 bits per heavy atom. The Hall–Kier alpha value is -0.800. The second-order valence-corrected chi connectivity index (χ2v) is 6.43. The first-order valence-electron chi connectivity index (χ1n) is 7.45. The summed E-state index contributed by atoms with van der Waals surface area (Å²) in [5, 5.41) is 13.4. The van der Waals surface area contributed by atoms with Crippen LogP contribution in [-0.2, 0) is 13.6 Å². The maximum absolute atomic E-state index is 9.77. The maximum Gasteiger partial charge on any atom is 0.0613 e. The van der Waals surface area contributed by atoms with E-state index in [2.05, 4.69) is 43.8 Å². The number of aryl methyl sites for hydroxylation is 1. The van der Waals surface area contributed by atoms with Gasteiger partial charge in [-0.05, 0) is 57.1 Å². The highest BCUT2D eigenvalue weighted by Gasteiger charge is 2.33. The van der Waals surface area contributed by atoms with Crippen LogP contribution in [0.5, 0.6) is 0 Å². The molecule has 19 heavy (non-hydrogen) atoms. The number of hydrogen-bond acceptors (Lipinski definition) is 2. The molecule has 1 heterocycles. The molecule has 0 atom stereocenters. The molecule has 0 aromatic carbocycles. The number of nitrogens with one attached hydrogen (secondary N) is 1. The fraction of sp³-hybridized carbons (Fsp3) is 0.750. The highest BCUT2D eigenvalue weighted by Crippen LogP contribution is 2.32. The smallest absolute Gasteiger partial charge is 0.0613 e. The molecule has 0 unspecified atom stereocenters. The maximum atomic E-state index is 9.77. The largest absolute Gasteiger partial charge is 0.394 e. The summed E-state index contributed by atoms with van der Waals surface area (Å²) in [5.41, 5.74) is 3.92. The van der Waals surface area contributed by atoms with E-state index in [4.69, 9.17) is 0 Å². The number of nitrogens with zero attached hydrogens (tertiary/aromatic N) is 1. The van der Waals surface area contributed by atoms with Gasteiger partial charge < -0.3 is 15.0 Å². The van der Waals surface area contributed by atoms with Crippen molar-refractivity contribution < 1.29 is 5.11 Å². The molecule has 0 bridgehead atoms. The molecule has 1 fully saturated rings. The molecule has 108 valence electrons. The van der Waals surface area contributed by atoms with Crippen LogP contribution in [0.2, 0.25) is 0 Å². The summed E-state index contributed by atoms with van der Waals surface area (Å²) in [6.45, 7) is 7.73. The van der Waals surface area contributed by atoms with Crippen LogP contribution in [-0.4, -0.2) is 21.8 Å². The highest BCUT2D eigenvalue weighted by atomic mass is 16.3. The summed E-state index contributed by atoms with van der Waals surface area (Å²) in [4.78, 5) is 0. The Morgan fingerprint density at radius 1 is 1.37 bits per heavy atom. The van der Waals surface area contributed by atoms with Crippen LogP contribution in [0.1, 0.15) is 49.6 Å². The minimum Gasteiger partial charge on any atom is -0.394 e. The van der Waals surface area contributed by atoms with E-state index in [0.717, 1.165) is 25.3 Å². The lowest BCUT2D eigenvalue weighted by Gasteiger charge is -2.39. The molecule has 0 saturated heterocycles. The summed E-state index contributed by atoms with van der Waals surface area (Å²) in [7, 11) is 2.11. The SMILES string of the molecule is Cc1cc(CNC2(CO)CCC(C)CC2)c(C)n1C. The normalized spacial score (nSPS) is 27.7. The minimum absolute atomic E-state index is 0.0529. The molecular formula is C16H28N2O. The molecule has 0 spiro atoms. The van der Waals surface area contributed by atoms with E-state index in [1.807, 2.05) is 0 Å². The second-order valence-electron chi connectivity index (χ2n) is 6.43. The molecule has 1 aromatic rings. The lowest BCUT2D eigenvalue weighted by molar-refractivity contribution is 0.104. The third kappa shape index (κ3) is 3.03. The zero-order chi connectivity index (χ0) is 14.0. The van der Waals surface area contributed by atoms with Gasteiger partial charge >= 0.3 is 0 Å². The van der Waals surface area contributed by atoms with Gasteiger partial charge in [0.1, 0.15) is 0 Å². The molecule has 2 N–H and O–H groups in total. The predicted octanol–water partition coefficient (Wildman–Crippen LogP) is 2.67. The van der Waals surface area contributed by atoms with Crippen molar-refractivity contribution in [2.75, 3.05) is 6.61 Å². The fourth-order valence-electron chi connectivity index (χ4n) is 3.10. The lowest BCUT2D eigenvalue weighted by Crippen LogP contribution is -2.50. The number of rotatable bonds is 4. The van der Waals surface area contributed by atoms with Gasteiger partial charge in [0.15, 0.2) is 0 Å². The van der Waals surface area contributed by atoms with Crippen molar-refractivity contribution in [3.05, 3.63) is 23.0 Å². The van der Waals surface area contributed by atoms with Gasteiger partial charge in [0.05, 0.1) is 6.61 Å². The fourth-order valence-corrected chi connectivity index (χ4v) is 3.10. The average molecular weight is 264 g/mol. The van der Waals surface area contributed by atoms with Gasteiger partial charge in [-0.25, -0.2) is 0 Å². The summed E-state index contributed by atoms with van der Waals surface area (Å²) >= 11 is 0. The van der Waals surface area contributed by atoms with Crippen LogP contribution in [0.25, 0.3) is 0 Å². The molecule has 3 nitrogen and oxygen atoms in total. The molecule has 1 aliphatic rings. The van der Waals surface area contributed by atoms with Crippen molar-refractivity contribution in [2.45, 2.75) is 58.5 Å². The van der Waals surface area contributed by atoms with E-state index < -0.39 is 0 Å². The molecule has 0 radical (unpaired) electrons. The zero-order valence-corrected chi connectivity index (χ0v) is 12.8. The van der Waals surface area contributed by atoms with E-state index in [-0.39, 0.29) is 12.1 Å².